The Morgan fingerprint density at radius 3 is 2.55 bits per heavy atom. The summed E-state index contributed by atoms with van der Waals surface area (Å²) in [6.07, 6.45) is 0. The molecule has 1 unspecified atom stereocenters. The van der Waals surface area contributed by atoms with Crippen molar-refractivity contribution in [3.8, 4) is 5.75 Å². The van der Waals surface area contributed by atoms with Crippen LogP contribution < -0.4 is 10.1 Å². The van der Waals surface area contributed by atoms with E-state index in [2.05, 4.69) is 10.3 Å². The molecule has 0 radical (unpaired) electrons. The molecule has 0 aliphatic rings. The second kappa shape index (κ2) is 6.39. The molecule has 0 spiro atoms. The molecule has 1 amide bonds. The first-order valence-electron chi connectivity index (χ1n) is 6.17. The van der Waals surface area contributed by atoms with Gasteiger partial charge in [-0.3, -0.25) is 4.79 Å². The zero-order chi connectivity index (χ0) is 14.5. The van der Waals surface area contributed by atoms with Crippen LogP contribution in [0.25, 0.3) is 0 Å². The van der Waals surface area contributed by atoms with Gasteiger partial charge in [0.15, 0.2) is 0 Å². The molecule has 2 aromatic rings. The summed E-state index contributed by atoms with van der Waals surface area (Å²) >= 11 is 5.77. The van der Waals surface area contributed by atoms with Gasteiger partial charge in [-0.2, -0.15) is 0 Å². The van der Waals surface area contributed by atoms with E-state index < -0.39 is 0 Å². The first-order chi connectivity index (χ1) is 9.60. The molecule has 0 bridgehead atoms. The highest BCUT2D eigenvalue weighted by molar-refractivity contribution is 6.29. The molecule has 1 aromatic heterocycles. The maximum Gasteiger partial charge on any atom is 0.270 e. The summed E-state index contributed by atoms with van der Waals surface area (Å²) < 4.78 is 5.10. The summed E-state index contributed by atoms with van der Waals surface area (Å²) in [5, 5.41) is 3.18. The number of methoxy groups -OCH3 is 1. The number of carbonyl (C=O) groups excluding carboxylic acids is 1. The number of ether oxygens (including phenoxy) is 1. The van der Waals surface area contributed by atoms with E-state index in [0.29, 0.717) is 10.8 Å². The van der Waals surface area contributed by atoms with Crippen molar-refractivity contribution in [2.45, 2.75) is 13.0 Å². The molecule has 0 fully saturated rings. The summed E-state index contributed by atoms with van der Waals surface area (Å²) in [6, 6.07) is 12.4. The second-order valence-electron chi connectivity index (χ2n) is 4.31. The van der Waals surface area contributed by atoms with Crippen LogP contribution >= 0.6 is 11.6 Å². The van der Waals surface area contributed by atoms with Crippen LogP contribution in [0.15, 0.2) is 42.5 Å². The van der Waals surface area contributed by atoms with Gasteiger partial charge < -0.3 is 10.1 Å². The van der Waals surface area contributed by atoms with Crippen LogP contribution in [0, 0.1) is 0 Å². The predicted octanol–water partition coefficient (Wildman–Crippen LogP) is 3.23. The third kappa shape index (κ3) is 3.48. The molecular weight excluding hydrogens is 276 g/mol. The maximum atomic E-state index is 12.0. The Labute approximate surface area is 122 Å². The summed E-state index contributed by atoms with van der Waals surface area (Å²) in [7, 11) is 1.62. The maximum absolute atomic E-state index is 12.0. The SMILES string of the molecule is COc1ccc(C(C)NC(=O)c2cccc(Cl)n2)cc1. The van der Waals surface area contributed by atoms with E-state index in [1.165, 1.54) is 0 Å². The molecule has 1 heterocycles. The van der Waals surface area contributed by atoms with E-state index in [4.69, 9.17) is 16.3 Å². The number of carbonyl (C=O) groups is 1. The zero-order valence-electron chi connectivity index (χ0n) is 11.3. The fraction of sp³-hybridized carbons (Fsp3) is 0.200. The average Bonchev–Trinajstić information content (AvgIpc) is 2.47. The average molecular weight is 291 g/mol. The molecule has 0 aliphatic heterocycles. The fourth-order valence-electron chi connectivity index (χ4n) is 1.78. The van der Waals surface area contributed by atoms with Crippen molar-refractivity contribution in [2.24, 2.45) is 0 Å². The smallest absolute Gasteiger partial charge is 0.270 e. The van der Waals surface area contributed by atoms with Gasteiger partial charge in [-0.25, -0.2) is 4.98 Å². The van der Waals surface area contributed by atoms with Gasteiger partial charge in [0.25, 0.3) is 5.91 Å². The van der Waals surface area contributed by atoms with Crippen molar-refractivity contribution >= 4 is 17.5 Å². The monoisotopic (exact) mass is 290 g/mol. The Morgan fingerprint density at radius 2 is 1.95 bits per heavy atom. The van der Waals surface area contributed by atoms with Crippen molar-refractivity contribution in [1.82, 2.24) is 10.3 Å². The molecule has 2 rings (SSSR count). The number of hydrogen-bond acceptors (Lipinski definition) is 3. The highest BCUT2D eigenvalue weighted by Crippen LogP contribution is 2.17. The molecular formula is C15H15ClN2O2. The Balaban J connectivity index is 2.06. The van der Waals surface area contributed by atoms with Gasteiger partial charge >= 0.3 is 0 Å². The molecule has 20 heavy (non-hydrogen) atoms. The summed E-state index contributed by atoms with van der Waals surface area (Å²) in [5.74, 6) is 0.527. The Hall–Kier alpha value is -2.07. The minimum absolute atomic E-state index is 0.130. The molecule has 0 saturated carbocycles. The van der Waals surface area contributed by atoms with Crippen LogP contribution in [-0.2, 0) is 0 Å². The molecule has 1 aromatic carbocycles. The topological polar surface area (TPSA) is 51.2 Å². The van der Waals surface area contributed by atoms with Gasteiger partial charge in [0.05, 0.1) is 13.2 Å². The third-order valence-electron chi connectivity index (χ3n) is 2.91. The number of aromatic nitrogens is 1. The molecule has 0 saturated heterocycles. The van der Waals surface area contributed by atoms with Crippen molar-refractivity contribution in [1.29, 1.82) is 0 Å². The second-order valence-corrected chi connectivity index (χ2v) is 4.70. The minimum Gasteiger partial charge on any atom is -0.497 e. The first-order valence-corrected chi connectivity index (χ1v) is 6.55. The quantitative estimate of drug-likeness (QED) is 0.880. The molecule has 1 atom stereocenters. The number of amides is 1. The van der Waals surface area contributed by atoms with E-state index in [0.717, 1.165) is 11.3 Å². The number of halogens is 1. The zero-order valence-corrected chi connectivity index (χ0v) is 12.0. The molecule has 104 valence electrons. The number of nitrogens with zero attached hydrogens (tertiary/aromatic N) is 1. The van der Waals surface area contributed by atoms with E-state index in [9.17, 15) is 4.79 Å². The van der Waals surface area contributed by atoms with Gasteiger partial charge in [0.2, 0.25) is 0 Å². The molecule has 4 nitrogen and oxygen atoms in total. The van der Waals surface area contributed by atoms with Crippen molar-refractivity contribution in [3.05, 3.63) is 58.9 Å². The summed E-state index contributed by atoms with van der Waals surface area (Å²) in [5.41, 5.74) is 1.29. The van der Waals surface area contributed by atoms with Gasteiger partial charge in [-0.15, -0.1) is 0 Å². The Morgan fingerprint density at radius 1 is 1.25 bits per heavy atom. The standard InChI is InChI=1S/C15H15ClN2O2/c1-10(11-6-8-12(20-2)9-7-11)17-15(19)13-4-3-5-14(16)18-13/h3-10H,1-2H3,(H,17,19). The Kier molecular flexibility index (Phi) is 4.58. The lowest BCUT2D eigenvalue weighted by Crippen LogP contribution is -2.27. The number of hydrogen-bond donors (Lipinski definition) is 1. The van der Waals surface area contributed by atoms with Crippen LogP contribution in [-0.4, -0.2) is 18.0 Å². The van der Waals surface area contributed by atoms with Crippen LogP contribution in [0.2, 0.25) is 5.15 Å². The lowest BCUT2D eigenvalue weighted by molar-refractivity contribution is 0.0935. The molecule has 1 N–H and O–H groups in total. The van der Waals surface area contributed by atoms with Gasteiger partial charge in [0.1, 0.15) is 16.6 Å². The normalized spacial score (nSPS) is 11.8. The number of benzene rings is 1. The van der Waals surface area contributed by atoms with E-state index in [1.807, 2.05) is 31.2 Å². The minimum atomic E-state index is -0.254. The molecule has 5 heteroatoms. The summed E-state index contributed by atoms with van der Waals surface area (Å²) in [4.78, 5) is 16.0. The molecule has 0 aliphatic carbocycles. The highest BCUT2D eigenvalue weighted by atomic mass is 35.5. The van der Waals surface area contributed by atoms with Crippen LogP contribution in [0.3, 0.4) is 0 Å². The largest absolute Gasteiger partial charge is 0.497 e. The van der Waals surface area contributed by atoms with Gasteiger partial charge in [-0.05, 0) is 36.8 Å². The number of pyridine rings is 1. The highest BCUT2D eigenvalue weighted by Gasteiger charge is 2.12. The van der Waals surface area contributed by atoms with E-state index in [1.54, 1.807) is 25.3 Å². The third-order valence-corrected chi connectivity index (χ3v) is 3.12. The van der Waals surface area contributed by atoms with Crippen LogP contribution in [0.4, 0.5) is 0 Å². The number of rotatable bonds is 4. The number of nitrogens with one attached hydrogen (secondary N) is 1. The van der Waals surface area contributed by atoms with E-state index >= 15 is 0 Å². The van der Waals surface area contributed by atoms with Gasteiger partial charge in [-0.1, -0.05) is 29.8 Å². The Bertz CT molecular complexity index is 599. The first kappa shape index (κ1) is 14.3. The predicted molar refractivity (Wildman–Crippen MR) is 78.1 cm³/mol. The van der Waals surface area contributed by atoms with Gasteiger partial charge in [0, 0.05) is 0 Å². The van der Waals surface area contributed by atoms with E-state index in [-0.39, 0.29) is 11.9 Å². The summed E-state index contributed by atoms with van der Waals surface area (Å²) in [6.45, 7) is 1.91. The van der Waals surface area contributed by atoms with Crippen LogP contribution in [0.5, 0.6) is 5.75 Å². The fourth-order valence-corrected chi connectivity index (χ4v) is 1.95. The van der Waals surface area contributed by atoms with Crippen LogP contribution in [0.1, 0.15) is 29.0 Å². The lowest BCUT2D eigenvalue weighted by Gasteiger charge is -2.14. The van der Waals surface area contributed by atoms with Crippen molar-refractivity contribution in [3.63, 3.8) is 0 Å². The van der Waals surface area contributed by atoms with Crippen molar-refractivity contribution < 1.29 is 9.53 Å². The lowest BCUT2D eigenvalue weighted by atomic mass is 10.1. The van der Waals surface area contributed by atoms with Crippen molar-refractivity contribution in [2.75, 3.05) is 7.11 Å².